The Bertz CT molecular complexity index is 1070. The van der Waals surface area contributed by atoms with Crippen molar-refractivity contribution < 1.29 is 14.3 Å². The Balaban J connectivity index is 1.55. The number of nitrogens with one attached hydrogen (secondary N) is 1. The summed E-state index contributed by atoms with van der Waals surface area (Å²) >= 11 is 0. The first-order valence-electron chi connectivity index (χ1n) is 8.80. The van der Waals surface area contributed by atoms with Crippen molar-refractivity contribution in [1.29, 1.82) is 5.26 Å². The molecule has 0 aliphatic heterocycles. The number of ether oxygens (including phenoxy) is 1. The minimum absolute atomic E-state index is 0.277. The van der Waals surface area contributed by atoms with E-state index in [0.29, 0.717) is 17.1 Å². The fourth-order valence-corrected chi connectivity index (χ4v) is 2.44. The summed E-state index contributed by atoms with van der Waals surface area (Å²) < 4.78 is 5.13. The van der Waals surface area contributed by atoms with E-state index in [4.69, 9.17) is 10.00 Å². The van der Waals surface area contributed by atoms with Crippen molar-refractivity contribution >= 4 is 17.6 Å². The second-order valence-corrected chi connectivity index (χ2v) is 6.32. The largest absolute Gasteiger partial charge is 0.451 e. The molecular formula is C20H18N6O3. The monoisotopic (exact) mass is 390 g/mol. The summed E-state index contributed by atoms with van der Waals surface area (Å²) in [6, 6.07) is 16.0. The Morgan fingerprint density at radius 2 is 2.00 bits per heavy atom. The highest BCUT2D eigenvalue weighted by atomic mass is 16.5. The summed E-state index contributed by atoms with van der Waals surface area (Å²) in [6.45, 7) is 3.15. The number of hydrogen-bond acceptors (Lipinski definition) is 7. The zero-order chi connectivity index (χ0) is 20.8. The number of tetrazole rings is 1. The molecule has 0 unspecified atom stereocenters. The molecule has 0 saturated carbocycles. The maximum atomic E-state index is 12.2. The highest BCUT2D eigenvalue weighted by molar-refractivity contribution is 5.95. The fraction of sp³-hybridized carbons (Fsp3) is 0.200. The maximum Gasteiger partial charge on any atom is 0.330 e. The summed E-state index contributed by atoms with van der Waals surface area (Å²) in [5.74, 6) is -0.799. The Morgan fingerprint density at radius 1 is 1.24 bits per heavy atom. The molecule has 2 aromatic carbocycles. The van der Waals surface area contributed by atoms with E-state index >= 15 is 0 Å². The normalized spacial score (nSPS) is 11.3. The first-order chi connectivity index (χ1) is 13.9. The van der Waals surface area contributed by atoms with Crippen LogP contribution < -0.4 is 5.32 Å². The van der Waals surface area contributed by atoms with Gasteiger partial charge in [-0.2, -0.15) is 10.1 Å². The molecule has 0 aliphatic rings. The fourth-order valence-electron chi connectivity index (χ4n) is 2.44. The number of nitrogens with zero attached hydrogens (tertiary/aromatic N) is 5. The average molecular weight is 390 g/mol. The molecule has 9 nitrogen and oxygen atoms in total. The zero-order valence-electron chi connectivity index (χ0n) is 15.9. The lowest BCUT2D eigenvalue weighted by Gasteiger charge is -2.13. The summed E-state index contributed by atoms with van der Waals surface area (Å²) in [5, 5.41) is 23.4. The Hall–Kier alpha value is -4.06. The lowest BCUT2D eigenvalue weighted by molar-refractivity contribution is -0.154. The van der Waals surface area contributed by atoms with E-state index in [0.717, 1.165) is 15.9 Å². The minimum atomic E-state index is -1.03. The van der Waals surface area contributed by atoms with E-state index in [2.05, 4.69) is 20.7 Å². The van der Waals surface area contributed by atoms with Crippen LogP contribution >= 0.6 is 0 Å². The van der Waals surface area contributed by atoms with Gasteiger partial charge < -0.3 is 10.1 Å². The third-order valence-corrected chi connectivity index (χ3v) is 3.97. The van der Waals surface area contributed by atoms with Gasteiger partial charge in [-0.25, -0.2) is 4.79 Å². The second-order valence-electron chi connectivity index (χ2n) is 6.32. The van der Waals surface area contributed by atoms with Crippen LogP contribution in [0.1, 0.15) is 18.1 Å². The Morgan fingerprint density at radius 3 is 2.72 bits per heavy atom. The van der Waals surface area contributed by atoms with Crippen molar-refractivity contribution in [3.8, 4) is 17.5 Å². The molecule has 1 aromatic heterocycles. The van der Waals surface area contributed by atoms with Crippen LogP contribution in [-0.2, 0) is 20.9 Å². The van der Waals surface area contributed by atoms with Gasteiger partial charge in [-0.05, 0) is 37.3 Å². The molecule has 146 valence electrons. The highest BCUT2D eigenvalue weighted by Gasteiger charge is 2.19. The summed E-state index contributed by atoms with van der Waals surface area (Å²) in [5.41, 5.74) is 2.74. The van der Waals surface area contributed by atoms with E-state index in [9.17, 15) is 9.59 Å². The molecule has 0 bridgehead atoms. The Kier molecular flexibility index (Phi) is 5.94. The van der Waals surface area contributed by atoms with Crippen LogP contribution in [0.15, 0.2) is 48.5 Å². The van der Waals surface area contributed by atoms with Crippen LogP contribution in [0.5, 0.6) is 0 Å². The summed E-state index contributed by atoms with van der Waals surface area (Å²) in [6.07, 6.45) is -1.03. The second kappa shape index (κ2) is 8.75. The van der Waals surface area contributed by atoms with Crippen molar-refractivity contribution in [3.63, 3.8) is 0 Å². The molecule has 1 atom stereocenters. The third-order valence-electron chi connectivity index (χ3n) is 3.97. The van der Waals surface area contributed by atoms with Gasteiger partial charge in [-0.15, -0.1) is 10.2 Å². The van der Waals surface area contributed by atoms with Gasteiger partial charge in [-0.3, -0.25) is 4.79 Å². The summed E-state index contributed by atoms with van der Waals surface area (Å²) in [7, 11) is 0. The summed E-state index contributed by atoms with van der Waals surface area (Å²) in [4.78, 5) is 25.4. The molecule has 1 N–H and O–H groups in total. The number of esters is 1. The van der Waals surface area contributed by atoms with Gasteiger partial charge in [0.15, 0.2) is 12.6 Å². The van der Waals surface area contributed by atoms with Gasteiger partial charge in [0.2, 0.25) is 5.82 Å². The average Bonchev–Trinajstić information content (AvgIpc) is 3.16. The number of rotatable bonds is 6. The molecule has 0 saturated heterocycles. The third kappa shape index (κ3) is 5.23. The first kappa shape index (κ1) is 19.7. The molecule has 1 amide bonds. The van der Waals surface area contributed by atoms with Crippen LogP contribution in [0.3, 0.4) is 0 Å². The molecule has 1 heterocycles. The van der Waals surface area contributed by atoms with Crippen LogP contribution in [0.4, 0.5) is 5.69 Å². The van der Waals surface area contributed by atoms with Crippen LogP contribution in [-0.4, -0.2) is 38.2 Å². The topological polar surface area (TPSA) is 123 Å². The predicted molar refractivity (Wildman–Crippen MR) is 103 cm³/mol. The number of benzene rings is 2. The molecule has 0 aliphatic carbocycles. The zero-order valence-corrected chi connectivity index (χ0v) is 15.9. The molecule has 0 spiro atoms. The molecular weight excluding hydrogens is 372 g/mol. The highest BCUT2D eigenvalue weighted by Crippen LogP contribution is 2.14. The number of nitriles is 1. The van der Waals surface area contributed by atoms with Crippen molar-refractivity contribution in [1.82, 2.24) is 20.2 Å². The van der Waals surface area contributed by atoms with Crippen molar-refractivity contribution in [2.24, 2.45) is 0 Å². The van der Waals surface area contributed by atoms with Gasteiger partial charge in [0.1, 0.15) is 0 Å². The number of amides is 1. The number of carbonyl (C=O) groups excluding carboxylic acids is 2. The van der Waals surface area contributed by atoms with Crippen LogP contribution in [0.25, 0.3) is 11.4 Å². The molecule has 0 radical (unpaired) electrons. The van der Waals surface area contributed by atoms with Gasteiger partial charge in [-0.1, -0.05) is 35.9 Å². The number of hydrogen-bond donors (Lipinski definition) is 1. The molecule has 0 fully saturated rings. The molecule has 3 rings (SSSR count). The van der Waals surface area contributed by atoms with Crippen LogP contribution in [0.2, 0.25) is 0 Å². The lowest BCUT2D eigenvalue weighted by atomic mass is 10.1. The lowest BCUT2D eigenvalue weighted by Crippen LogP contribution is -2.31. The van der Waals surface area contributed by atoms with Gasteiger partial charge in [0, 0.05) is 11.3 Å². The molecule has 9 heteroatoms. The number of aryl methyl sites for hydroxylation is 1. The van der Waals surface area contributed by atoms with Gasteiger partial charge in [0.25, 0.3) is 5.91 Å². The van der Waals surface area contributed by atoms with Crippen molar-refractivity contribution in [2.45, 2.75) is 26.5 Å². The van der Waals surface area contributed by atoms with Gasteiger partial charge in [0.05, 0.1) is 11.6 Å². The quantitative estimate of drug-likeness (QED) is 0.639. The van der Waals surface area contributed by atoms with E-state index in [-0.39, 0.29) is 6.54 Å². The van der Waals surface area contributed by atoms with E-state index < -0.39 is 18.0 Å². The first-order valence-corrected chi connectivity index (χ1v) is 8.80. The van der Waals surface area contributed by atoms with Crippen molar-refractivity contribution in [2.75, 3.05) is 5.32 Å². The minimum Gasteiger partial charge on any atom is -0.451 e. The predicted octanol–water partition coefficient (Wildman–Crippen LogP) is 2.09. The maximum absolute atomic E-state index is 12.2. The van der Waals surface area contributed by atoms with E-state index in [1.165, 1.54) is 13.0 Å². The number of anilines is 1. The van der Waals surface area contributed by atoms with Crippen LogP contribution in [0, 0.1) is 18.3 Å². The van der Waals surface area contributed by atoms with Crippen molar-refractivity contribution in [3.05, 3.63) is 59.7 Å². The smallest absolute Gasteiger partial charge is 0.330 e. The Labute approximate surface area is 166 Å². The standard InChI is InChI=1S/C20H18N6O3/c1-13-6-8-16(9-7-13)19-23-25-26(24-19)12-18(27)29-14(2)20(28)22-17-5-3-4-15(10-17)11-21/h3-10,14H,12H2,1-2H3,(H,22,28)/t14-/m0/s1. The van der Waals surface area contributed by atoms with E-state index in [1.807, 2.05) is 37.3 Å². The molecule has 29 heavy (non-hydrogen) atoms. The van der Waals surface area contributed by atoms with Gasteiger partial charge >= 0.3 is 5.97 Å². The van der Waals surface area contributed by atoms with E-state index in [1.54, 1.807) is 18.2 Å². The SMILES string of the molecule is Cc1ccc(-c2nnn(CC(=O)O[C@@H](C)C(=O)Nc3cccc(C#N)c3)n2)cc1. The molecule has 3 aromatic rings. The number of aromatic nitrogens is 4. The number of carbonyl (C=O) groups is 2.